The summed E-state index contributed by atoms with van der Waals surface area (Å²) in [6.07, 6.45) is 1.63. The van der Waals surface area contributed by atoms with Crippen LogP contribution in [0.5, 0.6) is 0 Å². The van der Waals surface area contributed by atoms with Gasteiger partial charge < -0.3 is 9.26 Å². The maximum absolute atomic E-state index is 12.9. The van der Waals surface area contributed by atoms with E-state index in [4.69, 9.17) is 9.26 Å². The molecule has 120 valence electrons. The zero-order valence-electron chi connectivity index (χ0n) is 12.8. The number of nitrogens with zero attached hydrogens (tertiary/aromatic N) is 3. The van der Waals surface area contributed by atoms with Crippen molar-refractivity contribution in [2.75, 3.05) is 20.3 Å². The Morgan fingerprint density at radius 1 is 1.32 bits per heavy atom. The number of aryl methyl sites for hydroxylation is 2. The fourth-order valence-electron chi connectivity index (χ4n) is 2.12. The third kappa shape index (κ3) is 3.52. The highest BCUT2D eigenvalue weighted by Gasteiger charge is 2.31. The van der Waals surface area contributed by atoms with Crippen LogP contribution in [-0.4, -0.2) is 43.1 Å². The second-order valence-electron chi connectivity index (χ2n) is 4.81. The minimum atomic E-state index is -3.73. The van der Waals surface area contributed by atoms with Gasteiger partial charge in [0.15, 0.2) is 5.76 Å². The number of aromatic nitrogens is 2. The molecule has 2 aromatic heterocycles. The van der Waals surface area contributed by atoms with Crippen molar-refractivity contribution in [2.24, 2.45) is 0 Å². The molecule has 7 nitrogen and oxygen atoms in total. The van der Waals surface area contributed by atoms with Crippen LogP contribution in [-0.2, 0) is 21.3 Å². The van der Waals surface area contributed by atoms with Crippen LogP contribution in [0.4, 0.5) is 0 Å². The van der Waals surface area contributed by atoms with Gasteiger partial charge in [0.25, 0.3) is 0 Å². The molecule has 0 atom stereocenters. The smallest absolute Gasteiger partial charge is 0.248 e. The Kier molecular flexibility index (Phi) is 5.28. The Morgan fingerprint density at radius 3 is 2.64 bits per heavy atom. The molecule has 2 heterocycles. The lowest BCUT2D eigenvalue weighted by Crippen LogP contribution is -2.34. The zero-order valence-corrected chi connectivity index (χ0v) is 13.6. The molecule has 2 rings (SSSR count). The third-order valence-corrected chi connectivity index (χ3v) is 5.27. The molecule has 8 heteroatoms. The van der Waals surface area contributed by atoms with Crippen LogP contribution in [0.25, 0.3) is 0 Å². The van der Waals surface area contributed by atoms with Gasteiger partial charge in [-0.1, -0.05) is 11.2 Å². The first-order valence-corrected chi connectivity index (χ1v) is 8.22. The molecule has 0 radical (unpaired) electrons. The van der Waals surface area contributed by atoms with Gasteiger partial charge in [0, 0.05) is 19.9 Å². The molecule has 0 spiro atoms. The maximum atomic E-state index is 12.9. The highest BCUT2D eigenvalue weighted by atomic mass is 32.2. The number of sulfonamides is 1. The van der Waals surface area contributed by atoms with Gasteiger partial charge in [-0.25, -0.2) is 8.42 Å². The number of hydrogen-bond donors (Lipinski definition) is 0. The highest BCUT2D eigenvalue weighted by Crippen LogP contribution is 2.24. The van der Waals surface area contributed by atoms with Crippen molar-refractivity contribution in [3.63, 3.8) is 0 Å². The average Bonchev–Trinajstić information content (AvgIpc) is 2.84. The second-order valence-corrected chi connectivity index (χ2v) is 6.68. The summed E-state index contributed by atoms with van der Waals surface area (Å²) in [4.78, 5) is 4.29. The Morgan fingerprint density at radius 2 is 2.09 bits per heavy atom. The first-order chi connectivity index (χ1) is 10.5. The van der Waals surface area contributed by atoms with E-state index in [1.54, 1.807) is 32.2 Å². The Balaban J connectivity index is 2.36. The lowest BCUT2D eigenvalue weighted by atomic mass is 10.3. The highest BCUT2D eigenvalue weighted by molar-refractivity contribution is 7.89. The van der Waals surface area contributed by atoms with Crippen molar-refractivity contribution < 1.29 is 17.7 Å². The summed E-state index contributed by atoms with van der Waals surface area (Å²) < 4.78 is 37.1. The van der Waals surface area contributed by atoms with Gasteiger partial charge in [0.05, 0.1) is 18.8 Å². The molecule has 0 unspecified atom stereocenters. The number of rotatable bonds is 7. The number of hydrogen-bond acceptors (Lipinski definition) is 6. The van der Waals surface area contributed by atoms with E-state index >= 15 is 0 Å². The van der Waals surface area contributed by atoms with E-state index in [1.165, 1.54) is 11.4 Å². The molecule has 22 heavy (non-hydrogen) atoms. The SMILES string of the molecule is COCCN(Cc1ccccn1)S(=O)(=O)c1c(C)noc1C. The topological polar surface area (TPSA) is 85.5 Å². The Hall–Kier alpha value is -1.77. The normalized spacial score (nSPS) is 12.0. The van der Waals surface area contributed by atoms with Gasteiger partial charge in [-0.2, -0.15) is 4.31 Å². The van der Waals surface area contributed by atoms with Crippen molar-refractivity contribution in [1.82, 2.24) is 14.4 Å². The predicted octanol–water partition coefficient (Wildman–Crippen LogP) is 1.52. The van der Waals surface area contributed by atoms with Gasteiger partial charge in [-0.3, -0.25) is 4.98 Å². The predicted molar refractivity (Wildman–Crippen MR) is 79.7 cm³/mol. The van der Waals surface area contributed by atoms with Crippen molar-refractivity contribution in [1.29, 1.82) is 0 Å². The molecule has 0 amide bonds. The van der Waals surface area contributed by atoms with Gasteiger partial charge in [0.1, 0.15) is 10.6 Å². The number of ether oxygens (including phenoxy) is 1. The van der Waals surface area contributed by atoms with Crippen LogP contribution in [0.2, 0.25) is 0 Å². The summed E-state index contributed by atoms with van der Waals surface area (Å²) in [6, 6.07) is 5.38. The minimum Gasteiger partial charge on any atom is -0.383 e. The maximum Gasteiger partial charge on any atom is 0.248 e. The molecule has 0 aromatic carbocycles. The van der Waals surface area contributed by atoms with Gasteiger partial charge in [-0.05, 0) is 26.0 Å². The van der Waals surface area contributed by atoms with Gasteiger partial charge >= 0.3 is 0 Å². The van der Waals surface area contributed by atoms with E-state index < -0.39 is 10.0 Å². The summed E-state index contributed by atoms with van der Waals surface area (Å²) in [7, 11) is -2.20. The fraction of sp³-hybridized carbons (Fsp3) is 0.429. The molecule has 0 N–H and O–H groups in total. The molecule has 0 aliphatic rings. The lowest BCUT2D eigenvalue weighted by Gasteiger charge is -2.21. The third-order valence-electron chi connectivity index (χ3n) is 3.18. The van der Waals surface area contributed by atoms with Crippen LogP contribution < -0.4 is 0 Å². The molecule has 0 fully saturated rings. The van der Waals surface area contributed by atoms with Gasteiger partial charge in [0.2, 0.25) is 10.0 Å². The first-order valence-electron chi connectivity index (χ1n) is 6.78. The van der Waals surface area contributed by atoms with E-state index in [1.807, 2.05) is 6.07 Å². The lowest BCUT2D eigenvalue weighted by molar-refractivity contribution is 0.177. The van der Waals surface area contributed by atoms with E-state index in [2.05, 4.69) is 10.1 Å². The molecule has 2 aromatic rings. The molecule has 0 saturated heterocycles. The van der Waals surface area contributed by atoms with E-state index in [9.17, 15) is 8.42 Å². The largest absolute Gasteiger partial charge is 0.383 e. The molecule has 0 aliphatic carbocycles. The fourth-order valence-corrected chi connectivity index (χ4v) is 3.81. The van der Waals surface area contributed by atoms with E-state index in [0.717, 1.165) is 0 Å². The monoisotopic (exact) mass is 325 g/mol. The Bertz CT molecular complexity index is 693. The molecular weight excluding hydrogens is 306 g/mol. The summed E-state index contributed by atoms with van der Waals surface area (Å²) in [5.41, 5.74) is 1.01. The van der Waals surface area contributed by atoms with Crippen molar-refractivity contribution in [3.05, 3.63) is 41.5 Å². The summed E-state index contributed by atoms with van der Waals surface area (Å²) >= 11 is 0. The van der Waals surface area contributed by atoms with Crippen LogP contribution >= 0.6 is 0 Å². The van der Waals surface area contributed by atoms with Crippen LogP contribution in [0, 0.1) is 13.8 Å². The summed E-state index contributed by atoms with van der Waals surface area (Å²) in [5.74, 6) is 0.279. The van der Waals surface area contributed by atoms with Crippen molar-refractivity contribution >= 4 is 10.0 Å². The van der Waals surface area contributed by atoms with Crippen molar-refractivity contribution in [2.45, 2.75) is 25.3 Å². The summed E-state index contributed by atoms with van der Waals surface area (Å²) in [5, 5.41) is 3.72. The molecule has 0 aliphatic heterocycles. The molecule has 0 saturated carbocycles. The quantitative estimate of drug-likeness (QED) is 0.767. The van der Waals surface area contributed by atoms with E-state index in [-0.39, 0.29) is 30.4 Å². The zero-order chi connectivity index (χ0) is 16.2. The van der Waals surface area contributed by atoms with Crippen LogP contribution in [0.1, 0.15) is 17.1 Å². The van der Waals surface area contributed by atoms with Crippen LogP contribution in [0.15, 0.2) is 33.8 Å². The molecule has 0 bridgehead atoms. The summed E-state index contributed by atoms with van der Waals surface area (Å²) in [6.45, 7) is 3.87. The van der Waals surface area contributed by atoms with E-state index in [0.29, 0.717) is 11.4 Å². The minimum absolute atomic E-state index is 0.111. The number of methoxy groups -OCH3 is 1. The average molecular weight is 325 g/mol. The van der Waals surface area contributed by atoms with Gasteiger partial charge in [-0.15, -0.1) is 0 Å². The standard InChI is InChI=1S/C14H19N3O4S/c1-11-14(12(2)21-16-11)22(18,19)17(8-9-20-3)10-13-6-4-5-7-15-13/h4-7H,8-10H2,1-3H3. The van der Waals surface area contributed by atoms with Crippen LogP contribution in [0.3, 0.4) is 0 Å². The number of pyridine rings is 1. The second kappa shape index (κ2) is 6.99. The molecular formula is C14H19N3O4S. The Labute approximate surface area is 129 Å². The first kappa shape index (κ1) is 16.6. The van der Waals surface area contributed by atoms with Crippen molar-refractivity contribution in [3.8, 4) is 0 Å².